The lowest BCUT2D eigenvalue weighted by Gasteiger charge is -2.35. The molecular formula is C18H26N6O. The van der Waals surface area contributed by atoms with Crippen LogP contribution in [0.25, 0.3) is 0 Å². The maximum atomic E-state index is 9.48. The fraction of sp³-hybridized carbons (Fsp3) is 0.500. The number of hydrogen-bond acceptors (Lipinski definition) is 7. The summed E-state index contributed by atoms with van der Waals surface area (Å²) >= 11 is 0. The lowest BCUT2D eigenvalue weighted by atomic mass is 9.91. The predicted octanol–water partition coefficient (Wildman–Crippen LogP) is 2.29. The average Bonchev–Trinajstić information content (AvgIpc) is 2.54. The number of nitrogens with two attached hydrogens (primary N) is 1. The minimum atomic E-state index is -0.740. The summed E-state index contributed by atoms with van der Waals surface area (Å²) in [5.41, 5.74) is 6.69. The highest BCUT2D eigenvalue weighted by atomic mass is 16.5. The molecule has 0 saturated carbocycles. The van der Waals surface area contributed by atoms with Gasteiger partial charge in [-0.2, -0.15) is 10.2 Å². The van der Waals surface area contributed by atoms with Crippen LogP contribution in [-0.2, 0) is 10.2 Å². The van der Waals surface area contributed by atoms with E-state index in [1.807, 2.05) is 26.8 Å². The Bertz CT molecular complexity index is 719. The van der Waals surface area contributed by atoms with Gasteiger partial charge in [0.05, 0.1) is 36.4 Å². The van der Waals surface area contributed by atoms with Gasteiger partial charge in [0.2, 0.25) is 5.95 Å². The van der Waals surface area contributed by atoms with Crippen molar-refractivity contribution in [1.29, 1.82) is 5.26 Å². The van der Waals surface area contributed by atoms with Crippen LogP contribution in [0.3, 0.4) is 0 Å². The molecule has 1 aliphatic heterocycles. The van der Waals surface area contributed by atoms with Crippen LogP contribution in [0, 0.1) is 11.3 Å². The molecule has 2 rings (SSSR count). The highest BCUT2D eigenvalue weighted by Gasteiger charge is 2.27. The molecule has 134 valence electrons. The summed E-state index contributed by atoms with van der Waals surface area (Å²) in [4.78, 5) is 11.2. The minimum Gasteiger partial charge on any atom is -0.385 e. The van der Waals surface area contributed by atoms with E-state index >= 15 is 0 Å². The second kappa shape index (κ2) is 7.53. The SMILES string of the molecule is C=C(C)/C=C(\N)Nc1nc(N2CCOCC2C)cc(C(C)(C)C#N)n1. The number of morpholine rings is 1. The van der Waals surface area contributed by atoms with Crippen molar-refractivity contribution in [3.05, 3.63) is 35.8 Å². The summed E-state index contributed by atoms with van der Waals surface area (Å²) in [6.45, 7) is 13.4. The topological polar surface area (TPSA) is 100 Å². The number of anilines is 2. The van der Waals surface area contributed by atoms with Gasteiger partial charge in [0.25, 0.3) is 0 Å². The van der Waals surface area contributed by atoms with Crippen LogP contribution in [0.4, 0.5) is 11.8 Å². The van der Waals surface area contributed by atoms with Crippen LogP contribution in [0.15, 0.2) is 30.1 Å². The van der Waals surface area contributed by atoms with Crippen LogP contribution in [0.2, 0.25) is 0 Å². The zero-order valence-electron chi connectivity index (χ0n) is 15.3. The molecule has 0 aliphatic carbocycles. The Morgan fingerprint density at radius 1 is 1.56 bits per heavy atom. The molecule has 3 N–H and O–H groups in total. The number of nitriles is 1. The van der Waals surface area contributed by atoms with Gasteiger partial charge in [0.15, 0.2) is 0 Å². The van der Waals surface area contributed by atoms with E-state index in [1.54, 1.807) is 6.08 Å². The smallest absolute Gasteiger partial charge is 0.230 e. The molecule has 1 saturated heterocycles. The lowest BCUT2D eigenvalue weighted by molar-refractivity contribution is 0.0985. The van der Waals surface area contributed by atoms with Crippen molar-refractivity contribution in [2.24, 2.45) is 5.73 Å². The van der Waals surface area contributed by atoms with Crippen molar-refractivity contribution in [2.45, 2.75) is 39.2 Å². The molecule has 2 heterocycles. The van der Waals surface area contributed by atoms with Gasteiger partial charge in [0.1, 0.15) is 11.6 Å². The Morgan fingerprint density at radius 2 is 2.28 bits per heavy atom. The van der Waals surface area contributed by atoms with Gasteiger partial charge in [-0.1, -0.05) is 12.2 Å². The number of ether oxygens (including phenoxy) is 1. The normalized spacial score (nSPS) is 18.6. The summed E-state index contributed by atoms with van der Waals surface area (Å²) in [7, 11) is 0. The maximum Gasteiger partial charge on any atom is 0.230 e. The molecule has 0 aromatic carbocycles. The van der Waals surface area contributed by atoms with Gasteiger partial charge in [-0.3, -0.25) is 0 Å². The van der Waals surface area contributed by atoms with Crippen molar-refractivity contribution < 1.29 is 4.74 Å². The Hall–Kier alpha value is -2.59. The van der Waals surface area contributed by atoms with E-state index in [-0.39, 0.29) is 6.04 Å². The molecule has 1 fully saturated rings. The van der Waals surface area contributed by atoms with E-state index in [0.29, 0.717) is 30.7 Å². The molecule has 1 atom stereocenters. The quantitative estimate of drug-likeness (QED) is 0.792. The molecule has 7 nitrogen and oxygen atoms in total. The van der Waals surface area contributed by atoms with Crippen LogP contribution in [0.1, 0.15) is 33.4 Å². The van der Waals surface area contributed by atoms with Crippen molar-refractivity contribution >= 4 is 11.8 Å². The van der Waals surface area contributed by atoms with Gasteiger partial charge < -0.3 is 20.7 Å². The Kier molecular flexibility index (Phi) is 5.65. The van der Waals surface area contributed by atoms with E-state index in [0.717, 1.165) is 17.9 Å². The summed E-state index contributed by atoms with van der Waals surface area (Å²) in [6.07, 6.45) is 1.71. The van der Waals surface area contributed by atoms with Crippen molar-refractivity contribution in [2.75, 3.05) is 30.0 Å². The highest BCUT2D eigenvalue weighted by molar-refractivity contribution is 5.50. The molecule has 25 heavy (non-hydrogen) atoms. The Balaban J connectivity index is 2.45. The molecule has 0 spiro atoms. The van der Waals surface area contributed by atoms with Crippen LogP contribution >= 0.6 is 0 Å². The Morgan fingerprint density at radius 3 is 2.88 bits per heavy atom. The van der Waals surface area contributed by atoms with E-state index in [1.165, 1.54) is 0 Å². The van der Waals surface area contributed by atoms with Crippen LogP contribution < -0.4 is 16.0 Å². The van der Waals surface area contributed by atoms with Gasteiger partial charge in [0, 0.05) is 12.6 Å². The third-order valence-electron chi connectivity index (χ3n) is 3.95. The monoisotopic (exact) mass is 342 g/mol. The first-order valence-corrected chi connectivity index (χ1v) is 8.28. The molecule has 1 aromatic heterocycles. The van der Waals surface area contributed by atoms with Gasteiger partial charge in [-0.05, 0) is 33.8 Å². The summed E-state index contributed by atoms with van der Waals surface area (Å²) in [5, 5.41) is 12.5. The van der Waals surface area contributed by atoms with Crippen LogP contribution in [-0.4, -0.2) is 35.8 Å². The number of nitrogens with zero attached hydrogens (tertiary/aromatic N) is 4. The molecule has 1 unspecified atom stereocenters. The zero-order chi connectivity index (χ0) is 18.6. The molecule has 1 aliphatic rings. The van der Waals surface area contributed by atoms with Crippen molar-refractivity contribution in [1.82, 2.24) is 9.97 Å². The van der Waals surface area contributed by atoms with Gasteiger partial charge >= 0.3 is 0 Å². The molecule has 0 radical (unpaired) electrons. The fourth-order valence-corrected chi connectivity index (χ4v) is 2.51. The molecule has 0 bridgehead atoms. The minimum absolute atomic E-state index is 0.192. The summed E-state index contributed by atoms with van der Waals surface area (Å²) in [6, 6.07) is 4.35. The molecular weight excluding hydrogens is 316 g/mol. The first-order valence-electron chi connectivity index (χ1n) is 8.28. The third kappa shape index (κ3) is 4.70. The van der Waals surface area contributed by atoms with Crippen molar-refractivity contribution in [3.8, 4) is 6.07 Å². The van der Waals surface area contributed by atoms with E-state index in [4.69, 9.17) is 10.5 Å². The molecule has 7 heteroatoms. The number of allylic oxidation sites excluding steroid dienone is 2. The fourth-order valence-electron chi connectivity index (χ4n) is 2.51. The lowest BCUT2D eigenvalue weighted by Crippen LogP contribution is -2.44. The van der Waals surface area contributed by atoms with Crippen LogP contribution in [0.5, 0.6) is 0 Å². The predicted molar refractivity (Wildman–Crippen MR) is 99.0 cm³/mol. The summed E-state index contributed by atoms with van der Waals surface area (Å²) in [5.74, 6) is 1.53. The second-order valence-electron chi connectivity index (χ2n) is 6.86. The first kappa shape index (κ1) is 18.7. The highest BCUT2D eigenvalue weighted by Crippen LogP contribution is 2.27. The number of rotatable bonds is 5. The number of aromatic nitrogens is 2. The number of nitrogens with one attached hydrogen (secondary N) is 1. The first-order chi connectivity index (χ1) is 11.7. The molecule has 1 aromatic rings. The van der Waals surface area contributed by atoms with Gasteiger partial charge in [-0.15, -0.1) is 0 Å². The van der Waals surface area contributed by atoms with E-state index < -0.39 is 5.41 Å². The standard InChI is InChI=1S/C18H26N6O/c1-12(2)8-15(20)22-17-21-14(18(4,5)11-19)9-16(23-17)24-6-7-25-10-13(24)3/h8-9,13H,1,6-7,10,20H2,2-5H3,(H,21,22,23)/b15-8+. The Labute approximate surface area is 149 Å². The number of hydrogen-bond donors (Lipinski definition) is 2. The molecule has 0 amide bonds. The average molecular weight is 342 g/mol. The summed E-state index contributed by atoms with van der Waals surface area (Å²) < 4.78 is 5.50. The maximum absolute atomic E-state index is 9.48. The van der Waals surface area contributed by atoms with Gasteiger partial charge in [-0.25, -0.2) is 4.98 Å². The van der Waals surface area contributed by atoms with E-state index in [2.05, 4.69) is 39.8 Å². The third-order valence-corrected chi connectivity index (χ3v) is 3.95. The zero-order valence-corrected chi connectivity index (χ0v) is 15.3. The van der Waals surface area contributed by atoms with E-state index in [9.17, 15) is 5.26 Å². The second-order valence-corrected chi connectivity index (χ2v) is 6.86. The largest absolute Gasteiger partial charge is 0.385 e. The van der Waals surface area contributed by atoms with Crippen molar-refractivity contribution in [3.63, 3.8) is 0 Å².